The van der Waals surface area contributed by atoms with Crippen molar-refractivity contribution in [3.63, 3.8) is 0 Å². The van der Waals surface area contributed by atoms with Crippen molar-refractivity contribution >= 4 is 5.91 Å². The Kier molecular flexibility index (Phi) is 5.99. The third-order valence-electron chi connectivity index (χ3n) is 4.63. The van der Waals surface area contributed by atoms with Gasteiger partial charge in [0.1, 0.15) is 6.04 Å². The van der Waals surface area contributed by atoms with Crippen LogP contribution in [0.25, 0.3) is 11.3 Å². The normalized spacial score (nSPS) is 12.0. The molecule has 0 spiro atoms. The summed E-state index contributed by atoms with van der Waals surface area (Å²) in [6.07, 6.45) is 3.34. The van der Waals surface area contributed by atoms with Crippen molar-refractivity contribution in [1.82, 2.24) is 19.7 Å². The van der Waals surface area contributed by atoms with Crippen LogP contribution in [0.2, 0.25) is 0 Å². The first-order valence-electron chi connectivity index (χ1n) is 9.32. The van der Waals surface area contributed by atoms with Gasteiger partial charge in [-0.05, 0) is 44.5 Å². The van der Waals surface area contributed by atoms with E-state index in [1.807, 2.05) is 56.3 Å². The van der Waals surface area contributed by atoms with Gasteiger partial charge in [-0.3, -0.25) is 14.6 Å². The first kappa shape index (κ1) is 19.5. The second-order valence-electron chi connectivity index (χ2n) is 6.96. The van der Waals surface area contributed by atoms with Crippen LogP contribution in [0.3, 0.4) is 0 Å². The number of carbonyl (C=O) groups is 1. The van der Waals surface area contributed by atoms with Gasteiger partial charge in [0.05, 0.1) is 5.69 Å². The highest BCUT2D eigenvalue weighted by atomic mass is 16.2. The lowest BCUT2D eigenvalue weighted by atomic mass is 10.1. The summed E-state index contributed by atoms with van der Waals surface area (Å²) in [5.41, 5.74) is 2.21. The molecular weight excluding hydrogens is 352 g/mol. The molecule has 1 aromatic carbocycles. The average molecular weight is 376 g/mol. The fourth-order valence-electron chi connectivity index (χ4n) is 3.02. The van der Waals surface area contributed by atoms with E-state index < -0.39 is 6.04 Å². The maximum absolute atomic E-state index is 13.2. The number of benzene rings is 1. The van der Waals surface area contributed by atoms with Gasteiger partial charge in [-0.1, -0.05) is 30.3 Å². The highest BCUT2D eigenvalue weighted by Gasteiger charge is 2.26. The summed E-state index contributed by atoms with van der Waals surface area (Å²) in [6.45, 7) is 6.14. The lowest BCUT2D eigenvalue weighted by molar-refractivity contribution is -0.137. The molecule has 0 radical (unpaired) electrons. The van der Waals surface area contributed by atoms with Crippen LogP contribution < -0.4 is 5.56 Å². The Balaban J connectivity index is 1.90. The Hall–Kier alpha value is -3.28. The van der Waals surface area contributed by atoms with Gasteiger partial charge in [-0.15, -0.1) is 0 Å². The van der Waals surface area contributed by atoms with E-state index in [0.29, 0.717) is 12.2 Å². The molecule has 0 saturated heterocycles. The summed E-state index contributed by atoms with van der Waals surface area (Å²) in [5, 5.41) is 4.44. The standard InChI is InChI=1S/C22H24N4O2/c1-16(2)25(15-18-7-5-4-6-8-18)22(28)17(3)26-21(27)10-9-20(24-26)19-11-13-23-14-12-19/h4-14,16-17H,15H2,1-3H3. The summed E-state index contributed by atoms with van der Waals surface area (Å²) in [5.74, 6) is -0.139. The van der Waals surface area contributed by atoms with Crippen molar-refractivity contribution in [3.05, 3.63) is 82.9 Å². The molecule has 0 fully saturated rings. The summed E-state index contributed by atoms with van der Waals surface area (Å²) in [7, 11) is 0. The van der Waals surface area contributed by atoms with Gasteiger partial charge < -0.3 is 4.90 Å². The van der Waals surface area contributed by atoms with Crippen LogP contribution in [0.5, 0.6) is 0 Å². The summed E-state index contributed by atoms with van der Waals surface area (Å²) in [6, 6.07) is 15.9. The molecule has 0 saturated carbocycles. The third kappa shape index (κ3) is 4.34. The zero-order valence-electron chi connectivity index (χ0n) is 16.3. The smallest absolute Gasteiger partial charge is 0.267 e. The fraction of sp³-hybridized carbons (Fsp3) is 0.273. The van der Waals surface area contributed by atoms with Crippen LogP contribution >= 0.6 is 0 Å². The Labute approximate surface area is 164 Å². The number of amides is 1. The largest absolute Gasteiger partial charge is 0.334 e. The molecule has 144 valence electrons. The molecule has 0 bridgehead atoms. The van der Waals surface area contributed by atoms with Crippen molar-refractivity contribution in [2.24, 2.45) is 0 Å². The topological polar surface area (TPSA) is 68.1 Å². The van der Waals surface area contributed by atoms with Crippen LogP contribution in [-0.4, -0.2) is 31.6 Å². The number of hydrogen-bond acceptors (Lipinski definition) is 4. The lowest BCUT2D eigenvalue weighted by Crippen LogP contribution is -2.43. The Morgan fingerprint density at radius 2 is 1.68 bits per heavy atom. The molecule has 1 atom stereocenters. The summed E-state index contributed by atoms with van der Waals surface area (Å²) < 4.78 is 1.26. The zero-order chi connectivity index (χ0) is 20.1. The second-order valence-corrected chi connectivity index (χ2v) is 6.96. The molecule has 3 aromatic rings. The minimum Gasteiger partial charge on any atom is -0.334 e. The van der Waals surface area contributed by atoms with E-state index in [0.717, 1.165) is 11.1 Å². The first-order valence-corrected chi connectivity index (χ1v) is 9.32. The molecule has 1 unspecified atom stereocenters. The summed E-state index contributed by atoms with van der Waals surface area (Å²) >= 11 is 0. The minimum atomic E-state index is -0.708. The van der Waals surface area contributed by atoms with Crippen molar-refractivity contribution < 1.29 is 4.79 Å². The maximum atomic E-state index is 13.2. The van der Waals surface area contributed by atoms with E-state index in [2.05, 4.69) is 10.1 Å². The Morgan fingerprint density at radius 3 is 2.32 bits per heavy atom. The van der Waals surface area contributed by atoms with Gasteiger partial charge in [0.2, 0.25) is 5.91 Å². The molecular formula is C22H24N4O2. The molecule has 0 aliphatic carbocycles. The van der Waals surface area contributed by atoms with Crippen molar-refractivity contribution in [1.29, 1.82) is 0 Å². The number of rotatable bonds is 6. The zero-order valence-corrected chi connectivity index (χ0v) is 16.3. The van der Waals surface area contributed by atoms with Crippen LogP contribution in [0.15, 0.2) is 71.8 Å². The molecule has 0 aliphatic rings. The van der Waals surface area contributed by atoms with Crippen LogP contribution in [0.1, 0.15) is 32.4 Å². The van der Waals surface area contributed by atoms with E-state index in [9.17, 15) is 9.59 Å². The van der Waals surface area contributed by atoms with E-state index in [4.69, 9.17) is 0 Å². The average Bonchev–Trinajstić information content (AvgIpc) is 2.72. The molecule has 3 rings (SSSR count). The predicted molar refractivity (Wildman–Crippen MR) is 109 cm³/mol. The molecule has 2 aromatic heterocycles. The molecule has 0 N–H and O–H groups in total. The molecule has 1 amide bonds. The van der Waals surface area contributed by atoms with Crippen LogP contribution in [-0.2, 0) is 11.3 Å². The SMILES string of the molecule is CC(C)N(Cc1ccccc1)C(=O)C(C)n1nc(-c2ccncc2)ccc1=O. The predicted octanol–water partition coefficient (Wildman–Crippen LogP) is 3.30. The van der Waals surface area contributed by atoms with Gasteiger partial charge in [0.25, 0.3) is 5.56 Å². The van der Waals surface area contributed by atoms with E-state index in [1.165, 1.54) is 10.7 Å². The first-order chi connectivity index (χ1) is 13.5. The van der Waals surface area contributed by atoms with Crippen molar-refractivity contribution in [2.45, 2.75) is 39.4 Å². The summed E-state index contributed by atoms with van der Waals surface area (Å²) in [4.78, 5) is 31.4. The Morgan fingerprint density at radius 1 is 1.00 bits per heavy atom. The second kappa shape index (κ2) is 8.61. The molecule has 2 heterocycles. The number of pyridine rings is 1. The Bertz CT molecular complexity index is 984. The van der Waals surface area contributed by atoms with Crippen molar-refractivity contribution in [3.8, 4) is 11.3 Å². The van der Waals surface area contributed by atoms with Gasteiger partial charge >= 0.3 is 0 Å². The molecule has 28 heavy (non-hydrogen) atoms. The lowest BCUT2D eigenvalue weighted by Gasteiger charge is -2.30. The van der Waals surface area contributed by atoms with Gasteiger partial charge in [0.15, 0.2) is 0 Å². The van der Waals surface area contributed by atoms with E-state index in [-0.39, 0.29) is 17.5 Å². The van der Waals surface area contributed by atoms with Crippen LogP contribution in [0, 0.1) is 0 Å². The fourth-order valence-corrected chi connectivity index (χ4v) is 3.02. The van der Waals surface area contributed by atoms with Gasteiger partial charge in [0, 0.05) is 36.6 Å². The molecule has 6 heteroatoms. The number of hydrogen-bond donors (Lipinski definition) is 0. The highest BCUT2D eigenvalue weighted by Crippen LogP contribution is 2.17. The van der Waals surface area contributed by atoms with E-state index in [1.54, 1.807) is 30.3 Å². The van der Waals surface area contributed by atoms with Crippen molar-refractivity contribution in [2.75, 3.05) is 0 Å². The monoisotopic (exact) mass is 376 g/mol. The van der Waals surface area contributed by atoms with Gasteiger partial charge in [-0.2, -0.15) is 5.10 Å². The van der Waals surface area contributed by atoms with Gasteiger partial charge in [-0.25, -0.2) is 4.68 Å². The molecule has 0 aliphatic heterocycles. The quantitative estimate of drug-likeness (QED) is 0.662. The highest BCUT2D eigenvalue weighted by molar-refractivity contribution is 5.80. The molecule has 6 nitrogen and oxygen atoms in total. The number of aromatic nitrogens is 3. The minimum absolute atomic E-state index is 0.00533. The van der Waals surface area contributed by atoms with Crippen LogP contribution in [0.4, 0.5) is 0 Å². The maximum Gasteiger partial charge on any atom is 0.267 e. The van der Waals surface area contributed by atoms with E-state index >= 15 is 0 Å². The number of carbonyl (C=O) groups excluding carboxylic acids is 1. The number of nitrogens with zero attached hydrogens (tertiary/aromatic N) is 4. The third-order valence-corrected chi connectivity index (χ3v) is 4.63.